The van der Waals surface area contributed by atoms with E-state index < -0.39 is 5.97 Å². The van der Waals surface area contributed by atoms with Crippen LogP contribution in [0.1, 0.15) is 38.9 Å². The molecule has 2 heteroatoms. The minimum absolute atomic E-state index is 0.833. The van der Waals surface area contributed by atoms with E-state index in [2.05, 4.69) is 102 Å². The minimum Gasteiger partial charge on any atom is -0.478 e. The number of aryl methyl sites for hydroxylation is 3. The van der Waals surface area contributed by atoms with Crippen molar-refractivity contribution >= 4 is 30.3 Å². The first-order valence-corrected chi connectivity index (χ1v) is 12.8. The van der Waals surface area contributed by atoms with Crippen LogP contribution in [0.4, 0.5) is 0 Å². The number of hydrogen-bond donors (Lipinski definition) is 1. The van der Waals surface area contributed by atoms with Crippen LogP contribution in [0.3, 0.4) is 0 Å². The highest BCUT2D eigenvalue weighted by Gasteiger charge is 1.87. The molecule has 2 nitrogen and oxygen atoms in total. The topological polar surface area (TPSA) is 37.3 Å². The summed E-state index contributed by atoms with van der Waals surface area (Å²) in [6, 6.07) is 34.7. The second-order valence-corrected chi connectivity index (χ2v) is 8.45. The van der Waals surface area contributed by atoms with Crippen LogP contribution >= 0.6 is 0 Å². The zero-order valence-corrected chi connectivity index (χ0v) is 24.1. The third kappa shape index (κ3) is 17.5. The molecule has 206 valence electrons. The Bertz CT molecular complexity index is 1310. The maximum absolute atomic E-state index is 9.25. The van der Waals surface area contributed by atoms with Crippen molar-refractivity contribution < 1.29 is 9.90 Å². The number of carbonyl (C=O) groups is 1. The van der Waals surface area contributed by atoms with Gasteiger partial charge >= 0.3 is 5.97 Å². The third-order valence-corrected chi connectivity index (χ3v) is 5.21. The van der Waals surface area contributed by atoms with Crippen LogP contribution in [0.25, 0.3) is 24.3 Å². The van der Waals surface area contributed by atoms with Crippen LogP contribution in [0, 0.1) is 20.8 Å². The SMILES string of the molecule is C=CC(=O)O.C=Cc1ccc(C)cc1.C=Cc1cccc(C)c1.C=Cc1ccccc1.C=Cc1ccccc1C. The van der Waals surface area contributed by atoms with E-state index in [4.69, 9.17) is 5.11 Å². The van der Waals surface area contributed by atoms with E-state index in [0.717, 1.165) is 6.08 Å². The number of rotatable bonds is 5. The molecule has 4 rings (SSSR count). The van der Waals surface area contributed by atoms with Crippen LogP contribution in [0.15, 0.2) is 142 Å². The summed E-state index contributed by atoms with van der Waals surface area (Å²) in [5.41, 5.74) is 8.63. The second-order valence-electron chi connectivity index (χ2n) is 8.45. The van der Waals surface area contributed by atoms with Gasteiger partial charge in [0.1, 0.15) is 0 Å². The van der Waals surface area contributed by atoms with Crippen molar-refractivity contribution in [3.63, 3.8) is 0 Å². The Hall–Kier alpha value is -4.95. The highest BCUT2D eigenvalue weighted by atomic mass is 16.4. The molecule has 1 N–H and O–H groups in total. The van der Waals surface area contributed by atoms with E-state index in [-0.39, 0.29) is 0 Å². The van der Waals surface area contributed by atoms with Gasteiger partial charge in [0.25, 0.3) is 0 Å². The van der Waals surface area contributed by atoms with Crippen molar-refractivity contribution in [2.45, 2.75) is 20.8 Å². The molecule has 0 aliphatic rings. The molecule has 0 saturated carbocycles. The Labute approximate surface area is 241 Å². The van der Waals surface area contributed by atoms with Gasteiger partial charge in [-0.25, -0.2) is 4.79 Å². The molecule has 0 saturated heterocycles. The normalized spacial score (nSPS) is 8.57. The molecule has 0 bridgehead atoms. The first-order chi connectivity index (χ1) is 19.2. The lowest BCUT2D eigenvalue weighted by molar-refractivity contribution is -0.131. The van der Waals surface area contributed by atoms with E-state index in [1.165, 1.54) is 38.9 Å². The second kappa shape index (κ2) is 22.1. The fourth-order valence-corrected chi connectivity index (χ4v) is 2.90. The average molecular weight is 531 g/mol. The van der Waals surface area contributed by atoms with Gasteiger partial charge in [-0.3, -0.25) is 0 Å². The predicted octanol–water partition coefficient (Wildman–Crippen LogP) is 10.5. The number of carboxylic acid groups (broad SMARTS) is 1. The Morgan fingerprint density at radius 2 is 1.02 bits per heavy atom. The first-order valence-electron chi connectivity index (χ1n) is 12.8. The van der Waals surface area contributed by atoms with Gasteiger partial charge in [-0.05, 0) is 48.6 Å². The van der Waals surface area contributed by atoms with Gasteiger partial charge in [-0.1, -0.05) is 171 Å². The molecule has 0 radical (unpaired) electrons. The third-order valence-electron chi connectivity index (χ3n) is 5.21. The summed E-state index contributed by atoms with van der Waals surface area (Å²) in [6.45, 7) is 23.8. The molecule has 0 atom stereocenters. The average Bonchev–Trinajstić information content (AvgIpc) is 2.99. The molecule has 0 aliphatic heterocycles. The Kier molecular flexibility index (Phi) is 19.3. The maximum atomic E-state index is 9.25. The molecule has 0 heterocycles. The van der Waals surface area contributed by atoms with Gasteiger partial charge < -0.3 is 5.11 Å². The predicted molar refractivity (Wildman–Crippen MR) is 178 cm³/mol. The van der Waals surface area contributed by atoms with Crippen molar-refractivity contribution in [2.24, 2.45) is 0 Å². The van der Waals surface area contributed by atoms with Crippen LogP contribution in [-0.2, 0) is 4.79 Å². The van der Waals surface area contributed by atoms with Crippen molar-refractivity contribution in [3.05, 3.63) is 181 Å². The quantitative estimate of drug-likeness (QED) is 0.261. The molecule has 4 aromatic carbocycles. The van der Waals surface area contributed by atoms with E-state index in [0.29, 0.717) is 0 Å². The summed E-state index contributed by atoms with van der Waals surface area (Å²) in [6.07, 6.45) is 8.24. The van der Waals surface area contributed by atoms with E-state index in [9.17, 15) is 4.79 Å². The highest BCUT2D eigenvalue weighted by molar-refractivity contribution is 5.78. The fourth-order valence-electron chi connectivity index (χ4n) is 2.90. The molecule has 4 aromatic rings. The summed E-state index contributed by atoms with van der Waals surface area (Å²) >= 11 is 0. The van der Waals surface area contributed by atoms with Gasteiger partial charge in [-0.15, -0.1) is 0 Å². The number of carboxylic acids is 1. The van der Waals surface area contributed by atoms with E-state index in [1.807, 2.05) is 78.9 Å². The molecular formula is C38H42O2. The number of benzene rings is 4. The fraction of sp³-hybridized carbons (Fsp3) is 0.0789. The molecule has 40 heavy (non-hydrogen) atoms. The largest absolute Gasteiger partial charge is 0.478 e. The minimum atomic E-state index is -0.981. The van der Waals surface area contributed by atoms with Crippen molar-refractivity contribution in [2.75, 3.05) is 0 Å². The first kappa shape index (κ1) is 35.1. The van der Waals surface area contributed by atoms with Gasteiger partial charge in [0.05, 0.1) is 0 Å². The van der Waals surface area contributed by atoms with Crippen LogP contribution < -0.4 is 0 Å². The molecule has 0 fully saturated rings. The van der Waals surface area contributed by atoms with Crippen molar-refractivity contribution in [1.82, 2.24) is 0 Å². The smallest absolute Gasteiger partial charge is 0.327 e. The lowest BCUT2D eigenvalue weighted by Gasteiger charge is -1.95. The summed E-state index contributed by atoms with van der Waals surface area (Å²) in [7, 11) is 0. The molecule has 0 aliphatic carbocycles. The molecular weight excluding hydrogens is 488 g/mol. The number of hydrogen-bond acceptors (Lipinski definition) is 1. The highest BCUT2D eigenvalue weighted by Crippen LogP contribution is 2.07. The summed E-state index contributed by atoms with van der Waals surface area (Å²) < 4.78 is 0. The molecule has 0 amide bonds. The molecule has 0 aromatic heterocycles. The summed E-state index contributed by atoms with van der Waals surface area (Å²) in [5.74, 6) is -0.981. The van der Waals surface area contributed by atoms with Crippen LogP contribution in [0.5, 0.6) is 0 Å². The van der Waals surface area contributed by atoms with E-state index >= 15 is 0 Å². The summed E-state index contributed by atoms with van der Waals surface area (Å²) in [5, 5.41) is 7.60. The zero-order chi connectivity index (χ0) is 30.2. The lowest BCUT2D eigenvalue weighted by atomic mass is 10.1. The Balaban J connectivity index is 0.000000482. The Morgan fingerprint density at radius 3 is 1.40 bits per heavy atom. The van der Waals surface area contributed by atoms with Crippen molar-refractivity contribution in [3.8, 4) is 0 Å². The lowest BCUT2D eigenvalue weighted by Crippen LogP contribution is -1.82. The number of aliphatic carboxylic acids is 1. The Morgan fingerprint density at radius 1 is 0.550 bits per heavy atom. The monoisotopic (exact) mass is 530 g/mol. The van der Waals surface area contributed by atoms with E-state index in [1.54, 1.807) is 0 Å². The van der Waals surface area contributed by atoms with Gasteiger partial charge in [0.2, 0.25) is 0 Å². The van der Waals surface area contributed by atoms with Crippen LogP contribution in [-0.4, -0.2) is 11.1 Å². The standard InChI is InChI=1S/3C9H10.C8H8.C3H4O2/c1-3-9-6-4-8(2)5-7-9;1-3-9-6-4-5-8(2)7-9;1-3-9-7-5-4-6-8(9)2;1-2-8-6-4-3-5-7-8;1-2-3(4)5/h3*3-7H,1H2,2H3;2-7H,1H2;2H,1H2,(H,4,5). The molecule has 0 unspecified atom stereocenters. The molecule has 0 spiro atoms. The van der Waals surface area contributed by atoms with Gasteiger partial charge in [0, 0.05) is 6.08 Å². The summed E-state index contributed by atoms with van der Waals surface area (Å²) in [4.78, 5) is 9.25. The van der Waals surface area contributed by atoms with Crippen molar-refractivity contribution in [1.29, 1.82) is 0 Å². The van der Waals surface area contributed by atoms with Crippen LogP contribution in [0.2, 0.25) is 0 Å². The van der Waals surface area contributed by atoms with Gasteiger partial charge in [0.15, 0.2) is 0 Å². The maximum Gasteiger partial charge on any atom is 0.327 e. The zero-order valence-electron chi connectivity index (χ0n) is 24.1. The van der Waals surface area contributed by atoms with Gasteiger partial charge in [-0.2, -0.15) is 0 Å².